The Morgan fingerprint density at radius 1 is 1.05 bits per heavy atom. The summed E-state index contributed by atoms with van der Waals surface area (Å²) in [5.74, 6) is 0.367. The first-order chi connectivity index (χ1) is 9.82. The van der Waals surface area contributed by atoms with Gasteiger partial charge in [0.05, 0.1) is 10.4 Å². The number of thiol groups is 4. The Morgan fingerprint density at radius 3 is 2.38 bits per heavy atom. The van der Waals surface area contributed by atoms with E-state index in [2.05, 4.69) is 69.7 Å². The number of aryl methyl sites for hydroxylation is 1. The van der Waals surface area contributed by atoms with Crippen LogP contribution in [-0.4, -0.2) is 9.97 Å². The van der Waals surface area contributed by atoms with Gasteiger partial charge in [0.1, 0.15) is 16.4 Å². The summed E-state index contributed by atoms with van der Waals surface area (Å²) >= 11 is 17.8. The number of benzene rings is 1. The number of nitrogens with two attached hydrogens (primary N) is 1. The quantitative estimate of drug-likeness (QED) is 0.240. The fourth-order valence-electron chi connectivity index (χ4n) is 2.30. The van der Waals surface area contributed by atoms with E-state index in [0.717, 1.165) is 32.1 Å². The smallest absolute Gasteiger partial charge is 0.138 e. The van der Waals surface area contributed by atoms with E-state index in [4.69, 9.17) is 5.73 Å². The molecule has 0 bridgehead atoms. The van der Waals surface area contributed by atoms with Crippen molar-refractivity contribution in [3.05, 3.63) is 11.6 Å². The minimum Gasteiger partial charge on any atom is -0.383 e. The van der Waals surface area contributed by atoms with E-state index in [-0.39, 0.29) is 0 Å². The van der Waals surface area contributed by atoms with Crippen molar-refractivity contribution in [2.45, 2.75) is 26.6 Å². The van der Waals surface area contributed by atoms with Crippen molar-refractivity contribution in [3.63, 3.8) is 0 Å². The average Bonchev–Trinajstić information content (AvgIpc) is 2.44. The van der Waals surface area contributed by atoms with Gasteiger partial charge in [-0.1, -0.05) is 0 Å². The maximum absolute atomic E-state index is 5.95. The van der Waals surface area contributed by atoms with Gasteiger partial charge < -0.3 is 5.73 Å². The lowest BCUT2D eigenvalue weighted by Crippen LogP contribution is -2.07. The van der Waals surface area contributed by atoms with E-state index in [9.17, 15) is 0 Å². The fraction of sp³-hybridized carbons (Fsp3) is 0.0769. The molecule has 0 saturated heterocycles. The molecule has 8 heteroatoms. The molecule has 0 amide bonds. The third kappa shape index (κ3) is 2.30. The summed E-state index contributed by atoms with van der Waals surface area (Å²) in [5.41, 5.74) is 8.40. The van der Waals surface area contributed by atoms with Crippen molar-refractivity contribution in [1.82, 2.24) is 9.97 Å². The summed E-state index contributed by atoms with van der Waals surface area (Å²) < 4.78 is 0. The van der Waals surface area contributed by atoms with Gasteiger partial charge in [-0.3, -0.25) is 0 Å². The monoisotopic (exact) mass is 369 g/mol. The van der Waals surface area contributed by atoms with Crippen molar-refractivity contribution >= 4 is 92.7 Å². The van der Waals surface area contributed by atoms with Crippen LogP contribution in [0.5, 0.6) is 0 Å². The zero-order valence-corrected chi connectivity index (χ0v) is 15.6. The summed E-state index contributed by atoms with van der Waals surface area (Å²) in [4.78, 5) is 11.2. The third-order valence-electron chi connectivity index (χ3n) is 3.44. The first-order valence-electron chi connectivity index (χ1n) is 5.94. The molecule has 108 valence electrons. The van der Waals surface area contributed by atoms with Crippen LogP contribution in [0.25, 0.3) is 21.8 Å². The van der Waals surface area contributed by atoms with Crippen LogP contribution in [0.3, 0.4) is 0 Å². The van der Waals surface area contributed by atoms with Crippen molar-refractivity contribution < 1.29 is 0 Å². The van der Waals surface area contributed by atoms with Crippen LogP contribution in [-0.2, 0) is 0 Å². The van der Waals surface area contributed by atoms with E-state index in [1.54, 1.807) is 0 Å². The number of nitrogen functional groups attached to an aromatic ring is 1. The molecule has 3 nitrogen and oxygen atoms in total. The normalized spacial score (nSPS) is 11.5. The summed E-state index contributed by atoms with van der Waals surface area (Å²) in [6.45, 7) is 2.00. The van der Waals surface area contributed by atoms with E-state index in [0.29, 0.717) is 26.2 Å². The van der Waals surface area contributed by atoms with E-state index >= 15 is 0 Å². The van der Waals surface area contributed by atoms with Gasteiger partial charge in [-0.2, -0.15) is 0 Å². The highest BCUT2D eigenvalue weighted by atomic mass is 32.1. The highest BCUT2D eigenvalue weighted by Crippen LogP contribution is 2.36. The molecule has 2 N–H and O–H groups in total. The van der Waals surface area contributed by atoms with Crippen LogP contribution in [0.15, 0.2) is 25.8 Å². The number of fused-ring (bicyclic) bond motifs is 3. The maximum Gasteiger partial charge on any atom is 0.138 e. The van der Waals surface area contributed by atoms with E-state index in [1.807, 2.05) is 13.0 Å². The van der Waals surface area contributed by atoms with Crippen molar-refractivity contribution in [1.29, 1.82) is 0 Å². The molecule has 1 atom stereocenters. The number of anilines is 1. The number of aromatic nitrogens is 2. The zero-order valence-electron chi connectivity index (χ0n) is 10.9. The number of hydrogen-bond donors (Lipinski definition) is 5. The standard InChI is InChI=1S/C13H12N3PS4/c1-3-4-2-5(18)13(21)16-7(4)8-6(10(3)19)9(17)11(20)12(14)15-8/h2,18-20H,17H2,1H3,(H2,14,15)(H,16,21). The first kappa shape index (κ1) is 15.6. The van der Waals surface area contributed by atoms with Crippen LogP contribution < -0.4 is 11.0 Å². The molecule has 2 aromatic heterocycles. The predicted octanol–water partition coefficient (Wildman–Crippen LogP) is 3.33. The minimum atomic E-state index is 0.367. The molecule has 0 aliphatic rings. The molecule has 1 aromatic carbocycles. The average molecular weight is 370 g/mol. The third-order valence-corrected chi connectivity index (χ3v) is 6.15. The van der Waals surface area contributed by atoms with Gasteiger partial charge >= 0.3 is 0 Å². The van der Waals surface area contributed by atoms with Crippen LogP contribution >= 0.6 is 59.8 Å². The second-order valence-corrected chi connectivity index (χ2v) is 7.06. The molecule has 3 rings (SSSR count). The lowest BCUT2D eigenvalue weighted by atomic mass is 10.0. The summed E-state index contributed by atoms with van der Waals surface area (Å²) in [6.07, 6.45) is 0. The molecule has 0 fully saturated rings. The Labute approximate surface area is 146 Å². The van der Waals surface area contributed by atoms with Gasteiger partial charge in [0.25, 0.3) is 0 Å². The van der Waals surface area contributed by atoms with E-state index < -0.39 is 0 Å². The molecule has 2 heterocycles. The molecular formula is C13H12N3PS4. The van der Waals surface area contributed by atoms with Crippen molar-refractivity contribution in [3.8, 4) is 0 Å². The van der Waals surface area contributed by atoms with Gasteiger partial charge in [-0.05, 0) is 23.9 Å². The largest absolute Gasteiger partial charge is 0.383 e. The molecule has 0 aliphatic carbocycles. The molecule has 0 saturated carbocycles. The van der Waals surface area contributed by atoms with Crippen molar-refractivity contribution in [2.24, 2.45) is 0 Å². The first-order valence-corrected chi connectivity index (χ1v) is 8.31. The molecule has 3 aromatic rings. The Balaban J connectivity index is 2.69. The number of nitrogens with zero attached hydrogens (tertiary/aromatic N) is 2. The zero-order chi connectivity index (χ0) is 15.5. The van der Waals surface area contributed by atoms with Crippen LogP contribution in [0.4, 0.5) is 5.82 Å². The summed E-state index contributed by atoms with van der Waals surface area (Å²) in [5, 5.41) is 3.26. The molecular weight excluding hydrogens is 357 g/mol. The maximum atomic E-state index is 5.95. The lowest BCUT2D eigenvalue weighted by Gasteiger charge is -2.15. The molecule has 21 heavy (non-hydrogen) atoms. The number of hydrogen-bond acceptors (Lipinski definition) is 7. The lowest BCUT2D eigenvalue weighted by molar-refractivity contribution is 1.09. The molecule has 0 radical (unpaired) electrons. The second kappa shape index (κ2) is 5.39. The predicted molar refractivity (Wildman–Crippen MR) is 105 cm³/mol. The van der Waals surface area contributed by atoms with Gasteiger partial charge in [-0.15, -0.1) is 59.8 Å². The van der Waals surface area contributed by atoms with Crippen LogP contribution in [0, 0.1) is 6.92 Å². The topological polar surface area (TPSA) is 51.8 Å². The highest BCUT2D eigenvalue weighted by molar-refractivity contribution is 7.83. The number of rotatable bonds is 0. The van der Waals surface area contributed by atoms with Gasteiger partial charge in [0, 0.05) is 20.6 Å². The Bertz CT molecular complexity index is 927. The SMILES string of the molecule is Cc1c(S)c2c(P)c(S)c(N)nc2c2nc(S)c(S)cc12. The summed E-state index contributed by atoms with van der Waals surface area (Å²) in [6, 6.07) is 1.93. The highest BCUT2D eigenvalue weighted by Gasteiger charge is 2.17. The van der Waals surface area contributed by atoms with E-state index in [1.165, 1.54) is 0 Å². The summed E-state index contributed by atoms with van der Waals surface area (Å²) in [7, 11) is 2.66. The van der Waals surface area contributed by atoms with Gasteiger partial charge in [0.15, 0.2) is 0 Å². The van der Waals surface area contributed by atoms with Crippen LogP contribution in [0.1, 0.15) is 5.56 Å². The molecule has 1 unspecified atom stereocenters. The van der Waals surface area contributed by atoms with Crippen molar-refractivity contribution in [2.75, 3.05) is 5.73 Å². The Hall–Kier alpha value is -0.330. The minimum absolute atomic E-state index is 0.367. The number of pyridine rings is 2. The van der Waals surface area contributed by atoms with Crippen LogP contribution in [0.2, 0.25) is 0 Å². The molecule has 0 aliphatic heterocycles. The Morgan fingerprint density at radius 2 is 1.71 bits per heavy atom. The van der Waals surface area contributed by atoms with Gasteiger partial charge in [-0.25, -0.2) is 9.97 Å². The molecule has 0 spiro atoms. The van der Waals surface area contributed by atoms with Gasteiger partial charge in [0.2, 0.25) is 0 Å². The second-order valence-electron chi connectivity index (χ2n) is 4.68. The Kier molecular flexibility index (Phi) is 3.99. The fourth-order valence-corrected chi connectivity index (χ4v) is 3.70.